The average Bonchev–Trinajstić information content (AvgIpc) is 3.22. The van der Waals surface area contributed by atoms with E-state index in [1.54, 1.807) is 0 Å². The Kier molecular flexibility index (Phi) is 4.33. The number of rotatable bonds is 1. The van der Waals surface area contributed by atoms with E-state index in [0.29, 0.717) is 17.2 Å². The number of carbonyl (C=O) groups is 2. The Morgan fingerprint density at radius 3 is 2.29 bits per heavy atom. The SMILES string of the molecule is CC1=c2ccc3c/c(=C4\C(=O)C(=O)C(C5=Cc6ccc7c8c(ccc(c68)C5)CC=C7)=C4O)cc4ccc(c2c43)=CC1. The lowest BCUT2D eigenvalue weighted by Gasteiger charge is -2.22. The predicted molar refractivity (Wildman–Crippen MR) is 166 cm³/mol. The Balaban J connectivity index is 1.28. The molecule has 41 heavy (non-hydrogen) atoms. The summed E-state index contributed by atoms with van der Waals surface area (Å²) in [6, 6.07) is 20.8. The minimum absolute atomic E-state index is 0.0976. The number of hydrogen-bond acceptors (Lipinski definition) is 3. The number of Topliss-reactive ketones (excluding diaryl/α,β-unsaturated/α-hetero) is 2. The molecule has 3 heteroatoms. The molecule has 0 heterocycles. The van der Waals surface area contributed by atoms with Gasteiger partial charge in [-0.1, -0.05) is 72.3 Å². The minimum atomic E-state index is -0.645. The summed E-state index contributed by atoms with van der Waals surface area (Å²) in [5, 5.41) is 21.5. The van der Waals surface area contributed by atoms with Gasteiger partial charge in [0, 0.05) is 0 Å². The molecule has 5 aromatic rings. The van der Waals surface area contributed by atoms with Crippen molar-refractivity contribution in [2.45, 2.75) is 26.2 Å². The molecule has 0 fully saturated rings. The third-order valence-corrected chi connectivity index (χ3v) is 9.45. The van der Waals surface area contributed by atoms with Crippen molar-refractivity contribution in [2.75, 3.05) is 0 Å². The van der Waals surface area contributed by atoms with Crippen LogP contribution in [0.4, 0.5) is 0 Å². The van der Waals surface area contributed by atoms with Crippen LogP contribution < -0.4 is 15.7 Å². The van der Waals surface area contributed by atoms with Crippen LogP contribution in [0, 0.1) is 0 Å². The fourth-order valence-corrected chi connectivity index (χ4v) is 7.56. The number of ketones is 2. The zero-order chi connectivity index (χ0) is 27.6. The van der Waals surface area contributed by atoms with Gasteiger partial charge in [0.1, 0.15) is 5.76 Å². The van der Waals surface area contributed by atoms with Gasteiger partial charge >= 0.3 is 0 Å². The number of hydrogen-bond donors (Lipinski definition) is 1. The highest BCUT2D eigenvalue weighted by Crippen LogP contribution is 2.41. The number of allylic oxidation sites excluding steroid dienone is 4. The smallest absolute Gasteiger partial charge is 0.238 e. The van der Waals surface area contributed by atoms with Crippen molar-refractivity contribution in [2.24, 2.45) is 0 Å². The molecule has 0 unspecified atom stereocenters. The van der Waals surface area contributed by atoms with Gasteiger partial charge in [0.05, 0.1) is 11.1 Å². The van der Waals surface area contributed by atoms with Gasteiger partial charge < -0.3 is 5.11 Å². The van der Waals surface area contributed by atoms with Crippen LogP contribution >= 0.6 is 0 Å². The van der Waals surface area contributed by atoms with Crippen LogP contribution in [0.3, 0.4) is 0 Å². The summed E-state index contributed by atoms with van der Waals surface area (Å²) in [6.45, 7) is 2.17. The lowest BCUT2D eigenvalue weighted by Crippen LogP contribution is -2.21. The fourth-order valence-electron chi connectivity index (χ4n) is 7.56. The molecule has 3 nitrogen and oxygen atoms in total. The second-order valence-electron chi connectivity index (χ2n) is 11.7. The quantitative estimate of drug-likeness (QED) is 0.291. The summed E-state index contributed by atoms with van der Waals surface area (Å²) < 4.78 is 0. The third-order valence-electron chi connectivity index (χ3n) is 9.45. The first-order valence-electron chi connectivity index (χ1n) is 14.1. The van der Waals surface area contributed by atoms with Crippen molar-refractivity contribution in [3.8, 4) is 0 Å². The molecule has 0 bridgehead atoms. The van der Waals surface area contributed by atoms with Gasteiger partial charge in [-0.15, -0.1) is 0 Å². The summed E-state index contributed by atoms with van der Waals surface area (Å²) in [4.78, 5) is 27.0. The van der Waals surface area contributed by atoms with E-state index >= 15 is 0 Å². The highest BCUT2D eigenvalue weighted by atomic mass is 16.3. The molecule has 0 aliphatic heterocycles. The summed E-state index contributed by atoms with van der Waals surface area (Å²) in [7, 11) is 0. The van der Waals surface area contributed by atoms with Gasteiger partial charge in [0.15, 0.2) is 0 Å². The number of aliphatic hydroxyl groups excluding tert-OH is 1. The van der Waals surface area contributed by atoms with Crippen LogP contribution in [0.25, 0.3) is 61.7 Å². The highest BCUT2D eigenvalue weighted by Gasteiger charge is 2.39. The molecule has 0 aromatic heterocycles. The van der Waals surface area contributed by atoms with Crippen molar-refractivity contribution in [3.05, 3.63) is 122 Å². The zero-order valence-electron chi connectivity index (χ0n) is 22.5. The van der Waals surface area contributed by atoms with Crippen molar-refractivity contribution < 1.29 is 14.7 Å². The maximum Gasteiger partial charge on any atom is 0.238 e. The summed E-state index contributed by atoms with van der Waals surface area (Å²) in [6.07, 6.45) is 10.9. The molecular formula is C38H24O3. The van der Waals surface area contributed by atoms with Crippen LogP contribution in [0.1, 0.15) is 35.6 Å². The van der Waals surface area contributed by atoms with E-state index in [0.717, 1.165) is 40.1 Å². The molecule has 1 N–H and O–H groups in total. The Morgan fingerprint density at radius 1 is 0.707 bits per heavy atom. The normalized spacial score (nSPS) is 18.7. The van der Waals surface area contributed by atoms with E-state index in [9.17, 15) is 14.7 Å². The Labute approximate surface area is 235 Å². The molecule has 4 aliphatic carbocycles. The highest BCUT2D eigenvalue weighted by molar-refractivity contribution is 6.62. The molecule has 0 saturated heterocycles. The third kappa shape index (κ3) is 2.93. The van der Waals surface area contributed by atoms with E-state index < -0.39 is 11.6 Å². The second kappa shape index (κ2) is 7.80. The lowest BCUT2D eigenvalue weighted by molar-refractivity contribution is -0.130. The number of benzene rings is 5. The Morgan fingerprint density at radius 2 is 1.44 bits per heavy atom. The van der Waals surface area contributed by atoms with Crippen molar-refractivity contribution >= 4 is 73.3 Å². The largest absolute Gasteiger partial charge is 0.506 e. The zero-order valence-corrected chi connectivity index (χ0v) is 22.5. The summed E-state index contributed by atoms with van der Waals surface area (Å²) in [5.41, 5.74) is 6.90. The van der Waals surface area contributed by atoms with Crippen LogP contribution in [0.5, 0.6) is 0 Å². The Bertz CT molecular complexity index is 2410. The topological polar surface area (TPSA) is 54.4 Å². The summed E-state index contributed by atoms with van der Waals surface area (Å²) in [5.74, 6) is -1.49. The van der Waals surface area contributed by atoms with Crippen LogP contribution in [-0.2, 0) is 22.4 Å². The molecule has 9 rings (SSSR count). The summed E-state index contributed by atoms with van der Waals surface area (Å²) >= 11 is 0. The molecule has 4 aliphatic rings. The van der Waals surface area contributed by atoms with E-state index in [-0.39, 0.29) is 16.9 Å². The molecule has 0 spiro atoms. The minimum Gasteiger partial charge on any atom is -0.506 e. The van der Waals surface area contributed by atoms with Gasteiger partial charge in [-0.2, -0.15) is 0 Å². The lowest BCUT2D eigenvalue weighted by atomic mass is 9.81. The predicted octanol–water partition coefficient (Wildman–Crippen LogP) is 5.54. The fraction of sp³-hybridized carbons (Fsp3) is 0.105. The maximum absolute atomic E-state index is 13.5. The number of carbonyl (C=O) groups excluding carboxylic acids is 2. The van der Waals surface area contributed by atoms with Gasteiger partial charge in [-0.25, -0.2) is 0 Å². The van der Waals surface area contributed by atoms with E-state index in [2.05, 4.69) is 73.7 Å². The Hall–Kier alpha value is -5.02. The van der Waals surface area contributed by atoms with Crippen LogP contribution in [-0.4, -0.2) is 16.7 Å². The number of aliphatic hydroxyl groups is 1. The second-order valence-corrected chi connectivity index (χ2v) is 11.7. The van der Waals surface area contributed by atoms with Gasteiger partial charge in [0.25, 0.3) is 0 Å². The van der Waals surface area contributed by atoms with Crippen molar-refractivity contribution in [1.82, 2.24) is 0 Å². The molecular weight excluding hydrogens is 504 g/mol. The first kappa shape index (κ1) is 22.8. The van der Waals surface area contributed by atoms with Crippen molar-refractivity contribution in [3.63, 3.8) is 0 Å². The van der Waals surface area contributed by atoms with Crippen LogP contribution in [0.2, 0.25) is 0 Å². The van der Waals surface area contributed by atoms with E-state index in [1.165, 1.54) is 43.3 Å². The molecule has 0 radical (unpaired) electrons. The van der Waals surface area contributed by atoms with Gasteiger partial charge in [0.2, 0.25) is 11.6 Å². The average molecular weight is 529 g/mol. The molecule has 0 atom stereocenters. The monoisotopic (exact) mass is 528 g/mol. The van der Waals surface area contributed by atoms with Gasteiger partial charge in [-0.05, 0) is 120 Å². The molecule has 5 aromatic carbocycles. The van der Waals surface area contributed by atoms with E-state index in [4.69, 9.17) is 0 Å². The first-order valence-corrected chi connectivity index (χ1v) is 14.1. The first-order chi connectivity index (χ1) is 20.0. The van der Waals surface area contributed by atoms with Crippen molar-refractivity contribution in [1.29, 1.82) is 0 Å². The molecule has 0 amide bonds. The van der Waals surface area contributed by atoms with Gasteiger partial charge in [-0.3, -0.25) is 9.59 Å². The van der Waals surface area contributed by atoms with E-state index in [1.807, 2.05) is 18.2 Å². The maximum atomic E-state index is 13.5. The molecule has 0 saturated carbocycles. The molecule has 194 valence electrons. The van der Waals surface area contributed by atoms with Crippen LogP contribution in [0.15, 0.2) is 83.6 Å². The standard InChI is InChI=1S/C38H24O3/c1-19-5-6-22-9-12-25-17-28(18-26-13-14-29(19)33(22)32(25)26)35-36(39)34(37(40)38(35)41)27-15-23-10-7-20-3-2-4-21-8-11-24(16-27)31(23)30(20)21/h2-3,6-15,17-18,39H,4-5,16H2,1H3/b35-28-.